The molecule has 0 aromatic carbocycles. The first kappa shape index (κ1) is 15.6. The van der Waals surface area contributed by atoms with Crippen molar-refractivity contribution < 1.29 is 9.53 Å². The van der Waals surface area contributed by atoms with Gasteiger partial charge in [-0.25, -0.2) is 4.79 Å². The highest BCUT2D eigenvalue weighted by Crippen LogP contribution is 2.31. The molecule has 2 unspecified atom stereocenters. The molecule has 1 aliphatic carbocycles. The fourth-order valence-corrected chi connectivity index (χ4v) is 3.64. The number of nitrogens with one attached hydrogen (secondary N) is 1. The molecule has 5 nitrogen and oxygen atoms in total. The van der Waals surface area contributed by atoms with E-state index in [9.17, 15) is 4.79 Å². The zero-order valence-electron chi connectivity index (χ0n) is 12.6. The maximum absolute atomic E-state index is 11.3. The third-order valence-electron chi connectivity index (χ3n) is 4.76. The Morgan fingerprint density at radius 1 is 1.40 bits per heavy atom. The molecule has 0 radical (unpaired) electrons. The molecule has 2 atom stereocenters. The fourth-order valence-electron chi connectivity index (χ4n) is 3.64. The lowest BCUT2D eigenvalue weighted by Gasteiger charge is -2.38. The molecule has 5 heteroatoms. The van der Waals surface area contributed by atoms with Crippen LogP contribution in [0.15, 0.2) is 0 Å². The van der Waals surface area contributed by atoms with E-state index in [0.29, 0.717) is 25.6 Å². The van der Waals surface area contributed by atoms with Gasteiger partial charge in [-0.2, -0.15) is 0 Å². The molecule has 0 aromatic rings. The Morgan fingerprint density at radius 2 is 2.15 bits per heavy atom. The monoisotopic (exact) mass is 283 g/mol. The van der Waals surface area contributed by atoms with E-state index in [4.69, 9.17) is 10.5 Å². The molecule has 3 N–H and O–H groups in total. The van der Waals surface area contributed by atoms with Crippen molar-refractivity contribution in [1.82, 2.24) is 10.2 Å². The van der Waals surface area contributed by atoms with Crippen LogP contribution in [0.3, 0.4) is 0 Å². The Bertz CT molecular complexity index is 305. The van der Waals surface area contributed by atoms with Crippen LogP contribution in [0.25, 0.3) is 0 Å². The van der Waals surface area contributed by atoms with Crippen molar-refractivity contribution in [3.05, 3.63) is 0 Å². The number of primary amides is 1. The third-order valence-corrected chi connectivity index (χ3v) is 4.76. The minimum absolute atomic E-state index is 0.130. The van der Waals surface area contributed by atoms with E-state index in [1.165, 1.54) is 38.5 Å². The summed E-state index contributed by atoms with van der Waals surface area (Å²) in [4.78, 5) is 13.1. The normalized spacial score (nSPS) is 26.4. The number of nitrogens with two attached hydrogens (primary N) is 1. The number of hydrogen-bond acceptors (Lipinski definition) is 3. The van der Waals surface area contributed by atoms with Gasteiger partial charge in [0.15, 0.2) is 0 Å². The number of amides is 2. The largest absolute Gasteiger partial charge is 0.374 e. The summed E-state index contributed by atoms with van der Waals surface area (Å²) in [5.41, 5.74) is 5.40. The predicted molar refractivity (Wildman–Crippen MR) is 79.5 cm³/mol. The second kappa shape index (κ2) is 7.84. The molecule has 2 aliphatic rings. The van der Waals surface area contributed by atoms with Crippen LogP contribution in [0.5, 0.6) is 0 Å². The van der Waals surface area contributed by atoms with Gasteiger partial charge in [-0.1, -0.05) is 32.1 Å². The number of urea groups is 1. The molecule has 0 aromatic heterocycles. The molecule has 20 heavy (non-hydrogen) atoms. The van der Waals surface area contributed by atoms with Crippen molar-refractivity contribution in [2.45, 2.75) is 44.6 Å². The number of carbonyl (C=O) groups is 1. The topological polar surface area (TPSA) is 67.6 Å². The second-order valence-corrected chi connectivity index (χ2v) is 6.25. The molecular formula is C15H29N3O2. The summed E-state index contributed by atoms with van der Waals surface area (Å²) in [5.74, 6) is 1.31. The van der Waals surface area contributed by atoms with Crippen molar-refractivity contribution in [2.24, 2.45) is 17.6 Å². The van der Waals surface area contributed by atoms with Crippen LogP contribution in [0.4, 0.5) is 4.79 Å². The highest BCUT2D eigenvalue weighted by atomic mass is 16.5. The van der Waals surface area contributed by atoms with Crippen molar-refractivity contribution >= 4 is 6.03 Å². The number of hydrogen-bond donors (Lipinski definition) is 2. The van der Waals surface area contributed by atoms with E-state index in [1.807, 2.05) is 7.05 Å². The first-order valence-electron chi connectivity index (χ1n) is 8.01. The van der Waals surface area contributed by atoms with Gasteiger partial charge in [0, 0.05) is 19.6 Å². The van der Waals surface area contributed by atoms with E-state index in [-0.39, 0.29) is 12.1 Å². The Hall–Kier alpha value is -0.810. The van der Waals surface area contributed by atoms with Crippen LogP contribution in [-0.2, 0) is 4.74 Å². The van der Waals surface area contributed by atoms with Crippen LogP contribution in [0.2, 0.25) is 0 Å². The number of nitrogens with zero attached hydrogens (tertiary/aromatic N) is 1. The first-order chi connectivity index (χ1) is 9.70. The zero-order chi connectivity index (χ0) is 14.4. The van der Waals surface area contributed by atoms with E-state index in [0.717, 1.165) is 12.5 Å². The second-order valence-electron chi connectivity index (χ2n) is 6.25. The van der Waals surface area contributed by atoms with Gasteiger partial charge in [0.2, 0.25) is 0 Å². The van der Waals surface area contributed by atoms with Gasteiger partial charge >= 0.3 is 6.03 Å². The van der Waals surface area contributed by atoms with Crippen LogP contribution in [-0.4, -0.2) is 50.3 Å². The molecule has 1 aliphatic heterocycles. The maximum atomic E-state index is 11.3. The minimum Gasteiger partial charge on any atom is -0.374 e. The van der Waals surface area contributed by atoms with E-state index in [1.54, 1.807) is 4.90 Å². The molecule has 116 valence electrons. The van der Waals surface area contributed by atoms with Gasteiger partial charge in [0.25, 0.3) is 0 Å². The van der Waals surface area contributed by atoms with Gasteiger partial charge in [0.1, 0.15) is 0 Å². The first-order valence-corrected chi connectivity index (χ1v) is 8.01. The zero-order valence-corrected chi connectivity index (χ0v) is 12.6. The van der Waals surface area contributed by atoms with Gasteiger partial charge in [-0.3, -0.25) is 0 Å². The Balaban J connectivity index is 1.90. The molecule has 1 saturated carbocycles. The summed E-state index contributed by atoms with van der Waals surface area (Å²) in [5, 5.41) is 3.28. The number of rotatable bonds is 5. The summed E-state index contributed by atoms with van der Waals surface area (Å²) >= 11 is 0. The molecule has 0 bridgehead atoms. The lowest BCUT2D eigenvalue weighted by molar-refractivity contribution is -0.0491. The standard InChI is InChI=1S/C15H29N3O2/c1-17-10-13(9-12-5-3-2-4-6-12)14-11-18(15(16)19)7-8-20-14/h12-14,17H,2-11H2,1H3,(H2,16,19). The summed E-state index contributed by atoms with van der Waals surface area (Å²) in [6, 6.07) is -0.320. The van der Waals surface area contributed by atoms with Crippen molar-refractivity contribution in [2.75, 3.05) is 33.3 Å². The lowest BCUT2D eigenvalue weighted by atomic mass is 9.81. The molecular weight excluding hydrogens is 254 g/mol. The van der Waals surface area contributed by atoms with Crippen molar-refractivity contribution in [1.29, 1.82) is 0 Å². The maximum Gasteiger partial charge on any atom is 0.314 e. The fraction of sp³-hybridized carbons (Fsp3) is 0.933. The Kier molecular flexibility index (Phi) is 6.10. The Morgan fingerprint density at radius 3 is 2.80 bits per heavy atom. The van der Waals surface area contributed by atoms with Crippen LogP contribution in [0, 0.1) is 11.8 Å². The third kappa shape index (κ3) is 4.35. The highest BCUT2D eigenvalue weighted by Gasteiger charge is 2.31. The Labute approximate surface area is 122 Å². The van der Waals surface area contributed by atoms with Crippen LogP contribution >= 0.6 is 0 Å². The quantitative estimate of drug-likeness (QED) is 0.805. The summed E-state index contributed by atoms with van der Waals surface area (Å²) in [7, 11) is 1.99. The van der Waals surface area contributed by atoms with Gasteiger partial charge in [-0.15, -0.1) is 0 Å². The van der Waals surface area contributed by atoms with Crippen molar-refractivity contribution in [3.63, 3.8) is 0 Å². The average molecular weight is 283 g/mol. The molecule has 1 heterocycles. The van der Waals surface area contributed by atoms with Crippen molar-refractivity contribution in [3.8, 4) is 0 Å². The van der Waals surface area contributed by atoms with Gasteiger partial charge in [0.05, 0.1) is 12.7 Å². The number of carbonyl (C=O) groups excluding carboxylic acids is 1. The lowest BCUT2D eigenvalue weighted by Crippen LogP contribution is -2.51. The van der Waals surface area contributed by atoms with Crippen LogP contribution < -0.4 is 11.1 Å². The summed E-state index contributed by atoms with van der Waals surface area (Å²) in [6.45, 7) is 2.84. The summed E-state index contributed by atoms with van der Waals surface area (Å²) in [6.07, 6.45) is 8.18. The highest BCUT2D eigenvalue weighted by molar-refractivity contribution is 5.72. The van der Waals surface area contributed by atoms with E-state index < -0.39 is 0 Å². The van der Waals surface area contributed by atoms with Gasteiger partial charge in [-0.05, 0) is 25.3 Å². The average Bonchev–Trinajstić information content (AvgIpc) is 2.48. The van der Waals surface area contributed by atoms with Gasteiger partial charge < -0.3 is 20.7 Å². The minimum atomic E-state index is -0.320. The number of ether oxygens (including phenoxy) is 1. The molecule has 0 spiro atoms. The molecule has 2 amide bonds. The number of morpholine rings is 1. The predicted octanol–water partition coefficient (Wildman–Crippen LogP) is 1.57. The SMILES string of the molecule is CNCC(CC1CCCCC1)C1CN(C(N)=O)CCO1. The summed E-state index contributed by atoms with van der Waals surface area (Å²) < 4.78 is 5.93. The smallest absolute Gasteiger partial charge is 0.314 e. The molecule has 1 saturated heterocycles. The van der Waals surface area contributed by atoms with Crippen LogP contribution in [0.1, 0.15) is 38.5 Å². The molecule has 2 fully saturated rings. The molecule has 2 rings (SSSR count). The van der Waals surface area contributed by atoms with E-state index >= 15 is 0 Å². The van der Waals surface area contributed by atoms with E-state index in [2.05, 4.69) is 5.32 Å².